The van der Waals surface area contributed by atoms with Gasteiger partial charge in [0, 0.05) is 20.3 Å². The maximum atomic E-state index is 11.7. The second-order valence-corrected chi connectivity index (χ2v) is 5.76. The third-order valence-corrected chi connectivity index (χ3v) is 3.41. The van der Waals surface area contributed by atoms with E-state index in [9.17, 15) is 9.59 Å². The molecule has 0 radical (unpaired) electrons. The Hall–Kier alpha value is -1.66. The van der Waals surface area contributed by atoms with Gasteiger partial charge in [0.15, 0.2) is 0 Å². The first kappa shape index (κ1) is 14.7. The number of rotatable bonds is 2. The topological polar surface area (TPSA) is 58.2 Å². The van der Waals surface area contributed by atoms with Crippen LogP contribution in [0.1, 0.15) is 0 Å². The molecule has 4 nitrogen and oxygen atoms in total. The molecule has 0 atom stereocenters. The minimum Gasteiger partial charge on any atom is -0.318 e. The maximum Gasteiger partial charge on any atom is 0.314 e. The molecule has 0 fully saturated rings. The van der Waals surface area contributed by atoms with Crippen LogP contribution in [0.4, 0.5) is 11.4 Å². The maximum absolute atomic E-state index is 11.7. The fourth-order valence-corrected chi connectivity index (χ4v) is 2.14. The molecule has 0 aromatic heterocycles. The standard InChI is InChI=1S/C14H10Br2N2O2/c15-9-4-6-11(7-5-9)17-13(19)14(20)18-12-3-1-2-10(16)8-12/h1-8H,(H,17,19)(H,18,20). The van der Waals surface area contributed by atoms with Gasteiger partial charge in [-0.15, -0.1) is 0 Å². The van der Waals surface area contributed by atoms with E-state index in [4.69, 9.17) is 0 Å². The molecule has 6 heteroatoms. The molecule has 0 aliphatic heterocycles. The Balaban J connectivity index is 1.98. The first-order chi connectivity index (χ1) is 9.54. The highest BCUT2D eigenvalue weighted by atomic mass is 79.9. The molecule has 2 aromatic rings. The fraction of sp³-hybridized carbons (Fsp3) is 0. The number of hydrogen-bond donors (Lipinski definition) is 2. The highest BCUT2D eigenvalue weighted by Crippen LogP contribution is 2.16. The van der Waals surface area contributed by atoms with E-state index in [0.717, 1.165) is 8.95 Å². The summed E-state index contributed by atoms with van der Waals surface area (Å²) in [6.07, 6.45) is 0. The van der Waals surface area contributed by atoms with Gasteiger partial charge in [-0.05, 0) is 42.5 Å². The normalized spacial score (nSPS) is 9.90. The SMILES string of the molecule is O=C(Nc1ccc(Br)cc1)C(=O)Nc1cccc(Br)c1. The van der Waals surface area contributed by atoms with Crippen molar-refractivity contribution in [2.45, 2.75) is 0 Å². The second kappa shape index (κ2) is 6.67. The molecule has 102 valence electrons. The summed E-state index contributed by atoms with van der Waals surface area (Å²) in [5.74, 6) is -1.43. The van der Waals surface area contributed by atoms with Crippen molar-refractivity contribution in [2.24, 2.45) is 0 Å². The van der Waals surface area contributed by atoms with Crippen LogP contribution in [-0.4, -0.2) is 11.8 Å². The number of nitrogens with one attached hydrogen (secondary N) is 2. The van der Waals surface area contributed by atoms with E-state index in [1.54, 1.807) is 42.5 Å². The van der Waals surface area contributed by atoms with Crippen molar-refractivity contribution >= 4 is 55.0 Å². The highest BCUT2D eigenvalue weighted by Gasteiger charge is 2.13. The Kier molecular flexibility index (Phi) is 4.92. The lowest BCUT2D eigenvalue weighted by molar-refractivity contribution is -0.132. The molecule has 0 saturated heterocycles. The predicted octanol–water partition coefficient (Wildman–Crippen LogP) is 3.79. The third kappa shape index (κ3) is 4.18. The molecular weight excluding hydrogens is 388 g/mol. The van der Waals surface area contributed by atoms with Crippen LogP contribution in [0.2, 0.25) is 0 Å². The van der Waals surface area contributed by atoms with Crippen LogP contribution in [0, 0.1) is 0 Å². The van der Waals surface area contributed by atoms with Crippen LogP contribution in [-0.2, 0) is 9.59 Å². The first-order valence-corrected chi connectivity index (χ1v) is 7.26. The summed E-state index contributed by atoms with van der Waals surface area (Å²) in [5, 5.41) is 5.04. The third-order valence-electron chi connectivity index (χ3n) is 2.39. The molecule has 2 N–H and O–H groups in total. The molecule has 0 aliphatic rings. The zero-order valence-corrected chi connectivity index (χ0v) is 13.4. The highest BCUT2D eigenvalue weighted by molar-refractivity contribution is 9.10. The van der Waals surface area contributed by atoms with Gasteiger partial charge < -0.3 is 10.6 Å². The molecule has 0 bridgehead atoms. The van der Waals surface area contributed by atoms with E-state index >= 15 is 0 Å². The Bertz CT molecular complexity index is 642. The summed E-state index contributed by atoms with van der Waals surface area (Å²) in [6, 6.07) is 14.0. The van der Waals surface area contributed by atoms with Crippen molar-refractivity contribution < 1.29 is 9.59 Å². The Labute approximate surface area is 132 Å². The van der Waals surface area contributed by atoms with Crippen molar-refractivity contribution in [1.82, 2.24) is 0 Å². The zero-order chi connectivity index (χ0) is 14.5. The van der Waals surface area contributed by atoms with E-state index in [1.807, 2.05) is 6.07 Å². The van der Waals surface area contributed by atoms with Gasteiger partial charge in [-0.2, -0.15) is 0 Å². The number of carbonyl (C=O) groups is 2. The van der Waals surface area contributed by atoms with Gasteiger partial charge in [-0.3, -0.25) is 9.59 Å². The van der Waals surface area contributed by atoms with Gasteiger partial charge in [-0.25, -0.2) is 0 Å². The van der Waals surface area contributed by atoms with Crippen LogP contribution in [0.15, 0.2) is 57.5 Å². The van der Waals surface area contributed by atoms with Crippen molar-refractivity contribution in [2.75, 3.05) is 10.6 Å². The molecule has 20 heavy (non-hydrogen) atoms. The Morgan fingerprint density at radius 2 is 1.35 bits per heavy atom. The van der Waals surface area contributed by atoms with Crippen LogP contribution in [0.3, 0.4) is 0 Å². The number of amides is 2. The predicted molar refractivity (Wildman–Crippen MR) is 85.5 cm³/mol. The molecule has 2 rings (SSSR count). The largest absolute Gasteiger partial charge is 0.318 e. The average Bonchev–Trinajstić information content (AvgIpc) is 2.41. The molecular formula is C14H10Br2N2O2. The van der Waals surface area contributed by atoms with Crippen molar-refractivity contribution in [3.05, 3.63) is 57.5 Å². The van der Waals surface area contributed by atoms with Crippen LogP contribution >= 0.6 is 31.9 Å². The molecule has 2 amide bonds. The van der Waals surface area contributed by atoms with E-state index in [0.29, 0.717) is 11.4 Å². The smallest absolute Gasteiger partial charge is 0.314 e. The minimum absolute atomic E-state index is 0.551. The summed E-state index contributed by atoms with van der Waals surface area (Å²) in [4.78, 5) is 23.5. The van der Waals surface area contributed by atoms with Crippen LogP contribution in [0.5, 0.6) is 0 Å². The van der Waals surface area contributed by atoms with E-state index in [-0.39, 0.29) is 0 Å². The van der Waals surface area contributed by atoms with Crippen molar-refractivity contribution in [1.29, 1.82) is 0 Å². The first-order valence-electron chi connectivity index (χ1n) is 5.68. The lowest BCUT2D eigenvalue weighted by atomic mass is 10.3. The molecule has 0 heterocycles. The molecule has 0 aliphatic carbocycles. The Morgan fingerprint density at radius 1 is 0.750 bits per heavy atom. The minimum atomic E-state index is -0.717. The fourth-order valence-electron chi connectivity index (χ4n) is 1.48. The van der Waals surface area contributed by atoms with Crippen molar-refractivity contribution in [3.8, 4) is 0 Å². The number of halogens is 2. The van der Waals surface area contributed by atoms with E-state index in [2.05, 4.69) is 42.5 Å². The number of benzene rings is 2. The quantitative estimate of drug-likeness (QED) is 0.757. The van der Waals surface area contributed by atoms with Gasteiger partial charge in [-0.1, -0.05) is 37.9 Å². The van der Waals surface area contributed by atoms with Crippen LogP contribution in [0.25, 0.3) is 0 Å². The van der Waals surface area contributed by atoms with E-state index in [1.165, 1.54) is 0 Å². The summed E-state index contributed by atoms with van der Waals surface area (Å²) in [6.45, 7) is 0. The van der Waals surface area contributed by atoms with Crippen LogP contribution < -0.4 is 10.6 Å². The van der Waals surface area contributed by atoms with Crippen molar-refractivity contribution in [3.63, 3.8) is 0 Å². The average molecular weight is 398 g/mol. The van der Waals surface area contributed by atoms with Gasteiger partial charge in [0.25, 0.3) is 0 Å². The van der Waals surface area contributed by atoms with Gasteiger partial charge in [0.2, 0.25) is 0 Å². The monoisotopic (exact) mass is 396 g/mol. The summed E-state index contributed by atoms with van der Waals surface area (Å²) in [5.41, 5.74) is 1.11. The summed E-state index contributed by atoms with van der Waals surface area (Å²) in [7, 11) is 0. The molecule has 0 saturated carbocycles. The van der Waals surface area contributed by atoms with Gasteiger partial charge >= 0.3 is 11.8 Å². The lowest BCUT2D eigenvalue weighted by Gasteiger charge is -2.07. The lowest BCUT2D eigenvalue weighted by Crippen LogP contribution is -2.29. The molecule has 2 aromatic carbocycles. The summed E-state index contributed by atoms with van der Waals surface area (Å²) < 4.78 is 1.72. The zero-order valence-electron chi connectivity index (χ0n) is 10.2. The number of hydrogen-bond acceptors (Lipinski definition) is 2. The van der Waals surface area contributed by atoms with E-state index < -0.39 is 11.8 Å². The van der Waals surface area contributed by atoms with Gasteiger partial charge in [0.1, 0.15) is 0 Å². The number of anilines is 2. The van der Waals surface area contributed by atoms with Gasteiger partial charge in [0.05, 0.1) is 0 Å². The Morgan fingerprint density at radius 3 is 1.95 bits per heavy atom. The summed E-state index contributed by atoms with van der Waals surface area (Å²) >= 11 is 6.59. The molecule has 0 unspecified atom stereocenters. The number of carbonyl (C=O) groups excluding carboxylic acids is 2. The molecule has 0 spiro atoms. The second-order valence-electron chi connectivity index (χ2n) is 3.93.